The molecule has 2 aromatic heterocycles. The Hall–Kier alpha value is -3.34. The average molecular weight is 356 g/mol. The lowest BCUT2D eigenvalue weighted by Gasteiger charge is -2.25. The molecule has 4 aromatic rings. The average Bonchev–Trinajstić information content (AvgIpc) is 3.34. The Morgan fingerprint density at radius 3 is 2.37 bits per heavy atom. The molecule has 0 amide bonds. The van der Waals surface area contributed by atoms with Gasteiger partial charge in [0.1, 0.15) is 11.4 Å². The van der Waals surface area contributed by atoms with E-state index in [4.69, 9.17) is 4.74 Å². The van der Waals surface area contributed by atoms with E-state index in [0.29, 0.717) is 0 Å². The van der Waals surface area contributed by atoms with E-state index >= 15 is 0 Å². The largest absolute Gasteiger partial charge is 0.497 e. The molecule has 134 valence electrons. The van der Waals surface area contributed by atoms with E-state index in [1.165, 1.54) is 5.69 Å². The molecule has 0 saturated heterocycles. The summed E-state index contributed by atoms with van der Waals surface area (Å²) in [7, 11) is 1.67. The van der Waals surface area contributed by atoms with Crippen LogP contribution in [0.1, 0.15) is 25.2 Å². The van der Waals surface area contributed by atoms with Crippen LogP contribution in [0.3, 0.4) is 0 Å². The van der Waals surface area contributed by atoms with E-state index in [0.717, 1.165) is 34.1 Å². The number of fused-ring (bicyclic) bond motifs is 5. The van der Waals surface area contributed by atoms with E-state index < -0.39 is 0 Å². The van der Waals surface area contributed by atoms with Crippen molar-refractivity contribution in [2.24, 2.45) is 0 Å². The smallest absolute Gasteiger partial charge is 0.118 e. The number of hydrogen-bond donors (Lipinski definition) is 0. The predicted molar refractivity (Wildman–Crippen MR) is 105 cm³/mol. The summed E-state index contributed by atoms with van der Waals surface area (Å²) in [6.45, 7) is 4.46. The summed E-state index contributed by atoms with van der Waals surface area (Å²) in [6, 6.07) is 20.6. The van der Waals surface area contributed by atoms with Crippen molar-refractivity contribution < 1.29 is 4.74 Å². The van der Waals surface area contributed by atoms with Crippen molar-refractivity contribution in [3.05, 3.63) is 78.2 Å². The van der Waals surface area contributed by atoms with Gasteiger partial charge < -0.3 is 9.30 Å². The first-order valence-electron chi connectivity index (χ1n) is 8.99. The van der Waals surface area contributed by atoms with Crippen molar-refractivity contribution in [2.75, 3.05) is 7.11 Å². The van der Waals surface area contributed by atoms with Gasteiger partial charge in [0.05, 0.1) is 24.2 Å². The fourth-order valence-electron chi connectivity index (χ4n) is 4.02. The lowest BCUT2D eigenvalue weighted by atomic mass is 9.83. The van der Waals surface area contributed by atoms with Crippen LogP contribution in [0.4, 0.5) is 0 Å². The Bertz CT molecular complexity index is 1140. The van der Waals surface area contributed by atoms with Crippen LogP contribution in [-0.4, -0.2) is 26.7 Å². The fraction of sp³-hybridized carbons (Fsp3) is 0.182. The molecule has 0 radical (unpaired) electrons. The minimum absolute atomic E-state index is 0.277. The standard InChI is InChI=1S/C22H20N4O/c1-22(2)19-9-6-14-25(19)17-7-4-5-8-18(17)26-21(22)20(23-24-26)15-10-12-16(27-3)13-11-15/h4-14H,1-3H3. The minimum Gasteiger partial charge on any atom is -0.497 e. The van der Waals surface area contributed by atoms with Crippen LogP contribution in [-0.2, 0) is 5.41 Å². The summed E-state index contributed by atoms with van der Waals surface area (Å²) in [5.74, 6) is 0.829. The highest BCUT2D eigenvalue weighted by Crippen LogP contribution is 2.42. The molecule has 5 rings (SSSR count). The topological polar surface area (TPSA) is 44.9 Å². The maximum Gasteiger partial charge on any atom is 0.118 e. The zero-order valence-electron chi connectivity index (χ0n) is 15.5. The second-order valence-electron chi connectivity index (χ2n) is 7.30. The number of para-hydroxylation sites is 2. The third-order valence-electron chi connectivity index (χ3n) is 5.38. The number of nitrogens with zero attached hydrogens (tertiary/aromatic N) is 4. The first kappa shape index (κ1) is 15.9. The molecule has 5 heteroatoms. The van der Waals surface area contributed by atoms with E-state index in [1.54, 1.807) is 7.11 Å². The van der Waals surface area contributed by atoms with E-state index in [2.05, 4.69) is 65.3 Å². The van der Waals surface area contributed by atoms with Crippen LogP contribution in [0.25, 0.3) is 22.6 Å². The van der Waals surface area contributed by atoms with E-state index in [1.807, 2.05) is 35.0 Å². The second kappa shape index (κ2) is 5.58. The third-order valence-corrected chi connectivity index (χ3v) is 5.38. The summed E-state index contributed by atoms with van der Waals surface area (Å²) in [5.41, 5.74) is 6.08. The molecular formula is C22H20N4O. The zero-order chi connectivity index (χ0) is 18.6. The normalized spacial score (nSPS) is 14.0. The monoisotopic (exact) mass is 356 g/mol. The Kier molecular flexibility index (Phi) is 3.28. The van der Waals surface area contributed by atoms with Gasteiger partial charge in [-0.15, -0.1) is 5.10 Å². The summed E-state index contributed by atoms with van der Waals surface area (Å²) in [5, 5.41) is 9.14. The van der Waals surface area contributed by atoms with Crippen molar-refractivity contribution >= 4 is 0 Å². The number of aromatic nitrogens is 4. The molecule has 0 fully saturated rings. The number of ether oxygens (including phenoxy) is 1. The number of rotatable bonds is 2. The summed E-state index contributed by atoms with van der Waals surface area (Å²) < 4.78 is 9.54. The van der Waals surface area contributed by atoms with Crippen molar-refractivity contribution in [3.8, 4) is 28.4 Å². The molecule has 0 N–H and O–H groups in total. The molecule has 0 spiro atoms. The maximum atomic E-state index is 5.30. The molecule has 1 aliphatic rings. The Morgan fingerprint density at radius 2 is 1.63 bits per heavy atom. The highest BCUT2D eigenvalue weighted by atomic mass is 16.5. The van der Waals surface area contributed by atoms with Crippen LogP contribution in [0.5, 0.6) is 5.75 Å². The highest BCUT2D eigenvalue weighted by Gasteiger charge is 2.37. The third kappa shape index (κ3) is 2.18. The zero-order valence-corrected chi connectivity index (χ0v) is 15.5. The number of benzene rings is 2. The first-order chi connectivity index (χ1) is 13.1. The van der Waals surface area contributed by atoms with E-state index in [9.17, 15) is 0 Å². The second-order valence-corrected chi connectivity index (χ2v) is 7.30. The maximum absolute atomic E-state index is 5.30. The molecule has 0 saturated carbocycles. The van der Waals surface area contributed by atoms with Gasteiger partial charge >= 0.3 is 0 Å². The molecule has 0 unspecified atom stereocenters. The van der Waals surface area contributed by atoms with Gasteiger partial charge in [0.15, 0.2) is 0 Å². The summed E-state index contributed by atoms with van der Waals surface area (Å²) >= 11 is 0. The van der Waals surface area contributed by atoms with Gasteiger partial charge in [0, 0.05) is 22.9 Å². The van der Waals surface area contributed by atoms with Gasteiger partial charge in [-0.2, -0.15) is 0 Å². The SMILES string of the molecule is COc1ccc(-c2nnn3c2C(C)(C)c2cccn2-c2ccccc2-3)cc1. The highest BCUT2D eigenvalue weighted by molar-refractivity contribution is 5.68. The summed E-state index contributed by atoms with van der Waals surface area (Å²) in [4.78, 5) is 0. The molecule has 3 heterocycles. The van der Waals surface area contributed by atoms with Crippen molar-refractivity contribution in [1.29, 1.82) is 0 Å². The Morgan fingerprint density at radius 1 is 0.889 bits per heavy atom. The Labute approximate surface area is 157 Å². The first-order valence-corrected chi connectivity index (χ1v) is 8.99. The van der Waals surface area contributed by atoms with Crippen LogP contribution >= 0.6 is 0 Å². The van der Waals surface area contributed by atoms with Crippen molar-refractivity contribution in [2.45, 2.75) is 19.3 Å². The van der Waals surface area contributed by atoms with Crippen LogP contribution < -0.4 is 4.74 Å². The van der Waals surface area contributed by atoms with Gasteiger partial charge in [-0.1, -0.05) is 17.3 Å². The van der Waals surface area contributed by atoms with Crippen molar-refractivity contribution in [3.63, 3.8) is 0 Å². The van der Waals surface area contributed by atoms with Gasteiger partial charge in [-0.05, 0) is 62.4 Å². The molecule has 0 bridgehead atoms. The molecule has 2 aromatic carbocycles. The van der Waals surface area contributed by atoms with Gasteiger partial charge in [-0.25, -0.2) is 4.68 Å². The van der Waals surface area contributed by atoms with Crippen LogP contribution in [0, 0.1) is 0 Å². The molecule has 0 atom stereocenters. The van der Waals surface area contributed by atoms with Crippen LogP contribution in [0.2, 0.25) is 0 Å². The lowest BCUT2D eigenvalue weighted by Crippen LogP contribution is -2.24. The number of methoxy groups -OCH3 is 1. The van der Waals surface area contributed by atoms with Crippen LogP contribution in [0.15, 0.2) is 66.9 Å². The van der Waals surface area contributed by atoms with Gasteiger partial charge in [-0.3, -0.25) is 0 Å². The van der Waals surface area contributed by atoms with Gasteiger partial charge in [0.2, 0.25) is 0 Å². The lowest BCUT2D eigenvalue weighted by molar-refractivity contribution is 0.415. The predicted octanol–water partition coefficient (Wildman–Crippen LogP) is 4.37. The fourth-order valence-corrected chi connectivity index (χ4v) is 4.02. The summed E-state index contributed by atoms with van der Waals surface area (Å²) in [6.07, 6.45) is 2.11. The quantitative estimate of drug-likeness (QED) is 0.536. The molecule has 1 aliphatic heterocycles. The van der Waals surface area contributed by atoms with Crippen molar-refractivity contribution in [1.82, 2.24) is 19.6 Å². The minimum atomic E-state index is -0.277. The van der Waals surface area contributed by atoms with Gasteiger partial charge in [0.25, 0.3) is 0 Å². The molecule has 0 aliphatic carbocycles. The van der Waals surface area contributed by atoms with E-state index in [-0.39, 0.29) is 5.41 Å². The number of hydrogen-bond acceptors (Lipinski definition) is 3. The Balaban J connectivity index is 1.83. The molecule has 27 heavy (non-hydrogen) atoms. The molecule has 5 nitrogen and oxygen atoms in total. The molecular weight excluding hydrogens is 336 g/mol.